The molecule has 0 saturated carbocycles. The average Bonchev–Trinajstić information content (AvgIpc) is 3.71. The lowest BCUT2D eigenvalue weighted by Crippen LogP contribution is -2.09. The third-order valence-electron chi connectivity index (χ3n) is 8.08. The van der Waals surface area contributed by atoms with E-state index in [1.54, 1.807) is 0 Å². The zero-order valence-electron chi connectivity index (χ0n) is 22.5. The molecular weight excluding hydrogens is 567 g/mol. The molecule has 0 bridgehead atoms. The lowest BCUT2D eigenvalue weighted by Gasteiger charge is -2.25. The molecule has 0 aliphatic heterocycles. The summed E-state index contributed by atoms with van der Waals surface area (Å²) in [6.45, 7) is 0. The molecule has 0 amide bonds. The highest BCUT2D eigenvalue weighted by Crippen LogP contribution is 2.45. The summed E-state index contributed by atoms with van der Waals surface area (Å²) in [6, 6.07) is 51.0. The number of rotatable bonds is 4. The van der Waals surface area contributed by atoms with E-state index in [4.69, 9.17) is 0 Å². The van der Waals surface area contributed by atoms with E-state index in [1.807, 2.05) is 34.0 Å². The van der Waals surface area contributed by atoms with Crippen molar-refractivity contribution in [1.82, 2.24) is 0 Å². The fraction of sp³-hybridized carbons (Fsp3) is 0. The number of para-hydroxylation sites is 1. The largest absolute Gasteiger partial charge is 0.310 e. The molecule has 3 aromatic heterocycles. The van der Waals surface area contributed by atoms with E-state index in [0.717, 1.165) is 17.1 Å². The number of benzene rings is 6. The summed E-state index contributed by atoms with van der Waals surface area (Å²) >= 11 is 5.68. The van der Waals surface area contributed by atoms with E-state index in [2.05, 4.69) is 144 Å². The van der Waals surface area contributed by atoms with Gasteiger partial charge in [0.05, 0.1) is 9.40 Å². The van der Waals surface area contributed by atoms with Crippen LogP contribution in [-0.4, -0.2) is 0 Å². The molecule has 0 unspecified atom stereocenters. The van der Waals surface area contributed by atoms with E-state index in [0.29, 0.717) is 0 Å². The van der Waals surface area contributed by atoms with Crippen LogP contribution in [0.15, 0.2) is 140 Å². The van der Waals surface area contributed by atoms with Gasteiger partial charge in [-0.1, -0.05) is 78.9 Å². The van der Waals surface area contributed by atoms with Crippen LogP contribution < -0.4 is 4.90 Å². The predicted octanol–water partition coefficient (Wildman–Crippen LogP) is 12.8. The first kappa shape index (κ1) is 24.2. The van der Waals surface area contributed by atoms with Crippen molar-refractivity contribution < 1.29 is 0 Å². The van der Waals surface area contributed by atoms with Crippen LogP contribution >= 0.6 is 34.0 Å². The second-order valence-electron chi connectivity index (χ2n) is 10.6. The first-order valence-electron chi connectivity index (χ1n) is 14.0. The summed E-state index contributed by atoms with van der Waals surface area (Å²) < 4.78 is 8.19. The molecule has 9 rings (SSSR count). The summed E-state index contributed by atoms with van der Waals surface area (Å²) in [5, 5.41) is 5.37. The van der Waals surface area contributed by atoms with Crippen molar-refractivity contribution in [2.45, 2.75) is 0 Å². The number of anilines is 3. The molecule has 1 nitrogen and oxygen atoms in total. The van der Waals surface area contributed by atoms with Gasteiger partial charge in [0.2, 0.25) is 0 Å². The van der Waals surface area contributed by atoms with E-state index in [-0.39, 0.29) is 0 Å². The zero-order valence-corrected chi connectivity index (χ0v) is 24.9. The van der Waals surface area contributed by atoms with Crippen LogP contribution in [0.3, 0.4) is 0 Å². The monoisotopic (exact) mass is 589 g/mol. The molecule has 6 aromatic carbocycles. The highest BCUT2D eigenvalue weighted by molar-refractivity contribution is 7.36. The molecule has 0 aliphatic rings. The standard InChI is InChI=1S/C38H23NS3/c1-2-8-26(9-3-1)39(28-19-21-35-32(23-28)29-10-4-6-12-33(29)40-35)27-17-14-24(15-18-27)25-16-20-31-36(22-25)42-37-30-11-5-7-13-34(30)41-38(31)37/h1-23H. The van der Waals surface area contributed by atoms with Crippen molar-refractivity contribution in [3.05, 3.63) is 140 Å². The molecular formula is C38H23NS3. The molecule has 42 heavy (non-hydrogen) atoms. The normalized spacial score (nSPS) is 11.8. The van der Waals surface area contributed by atoms with Crippen molar-refractivity contribution in [3.8, 4) is 11.1 Å². The number of nitrogens with zero attached hydrogens (tertiary/aromatic N) is 1. The van der Waals surface area contributed by atoms with Crippen molar-refractivity contribution in [1.29, 1.82) is 0 Å². The van der Waals surface area contributed by atoms with Crippen molar-refractivity contribution >= 4 is 101 Å². The molecule has 4 heteroatoms. The SMILES string of the molecule is c1ccc(N(c2ccc(-c3ccc4c(c3)sc3c5ccccc5sc43)cc2)c2ccc3sc4ccccc4c3c2)cc1. The maximum Gasteiger partial charge on any atom is 0.0542 e. The Kier molecular flexibility index (Phi) is 5.48. The van der Waals surface area contributed by atoms with E-state index in [9.17, 15) is 0 Å². The highest BCUT2D eigenvalue weighted by atomic mass is 32.1. The topological polar surface area (TPSA) is 3.24 Å². The Morgan fingerprint density at radius 2 is 0.905 bits per heavy atom. The van der Waals surface area contributed by atoms with Crippen LogP contribution in [0.2, 0.25) is 0 Å². The second-order valence-corrected chi connectivity index (χ2v) is 13.8. The van der Waals surface area contributed by atoms with Gasteiger partial charge in [-0.3, -0.25) is 0 Å². The summed E-state index contributed by atoms with van der Waals surface area (Å²) in [5.41, 5.74) is 5.95. The third kappa shape index (κ3) is 3.80. The van der Waals surface area contributed by atoms with Crippen LogP contribution in [0.25, 0.3) is 60.9 Å². The maximum absolute atomic E-state index is 2.36. The van der Waals surface area contributed by atoms with E-state index in [1.165, 1.54) is 60.9 Å². The maximum atomic E-state index is 2.36. The van der Waals surface area contributed by atoms with Gasteiger partial charge in [0.15, 0.2) is 0 Å². The quantitative estimate of drug-likeness (QED) is 0.197. The van der Waals surface area contributed by atoms with Crippen molar-refractivity contribution in [2.75, 3.05) is 4.90 Å². The smallest absolute Gasteiger partial charge is 0.0542 e. The summed E-state index contributed by atoms with van der Waals surface area (Å²) in [6.07, 6.45) is 0. The first-order chi connectivity index (χ1) is 20.8. The molecule has 0 fully saturated rings. The van der Waals surface area contributed by atoms with Crippen molar-refractivity contribution in [3.63, 3.8) is 0 Å². The Hall–Kier alpha value is -4.48. The fourth-order valence-electron chi connectivity index (χ4n) is 6.06. The molecule has 0 saturated heterocycles. The number of thiophene rings is 3. The minimum Gasteiger partial charge on any atom is -0.310 e. The van der Waals surface area contributed by atoms with Gasteiger partial charge in [-0.05, 0) is 71.8 Å². The third-order valence-corrected chi connectivity index (χ3v) is 11.8. The Morgan fingerprint density at radius 3 is 1.71 bits per heavy atom. The van der Waals surface area contributed by atoms with Gasteiger partial charge >= 0.3 is 0 Å². The van der Waals surface area contributed by atoms with Gasteiger partial charge in [0.1, 0.15) is 0 Å². The van der Waals surface area contributed by atoms with Gasteiger partial charge in [0.25, 0.3) is 0 Å². The zero-order chi connectivity index (χ0) is 27.6. The molecule has 0 spiro atoms. The predicted molar refractivity (Wildman–Crippen MR) is 188 cm³/mol. The van der Waals surface area contributed by atoms with Crippen LogP contribution in [0.1, 0.15) is 0 Å². The van der Waals surface area contributed by atoms with Gasteiger partial charge in [0, 0.05) is 57.4 Å². The molecule has 0 N–H and O–H groups in total. The minimum absolute atomic E-state index is 1.15. The molecule has 9 aromatic rings. The average molecular weight is 590 g/mol. The van der Waals surface area contributed by atoms with Gasteiger partial charge in [-0.2, -0.15) is 0 Å². The minimum atomic E-state index is 1.15. The Morgan fingerprint density at radius 1 is 0.333 bits per heavy atom. The van der Waals surface area contributed by atoms with Gasteiger partial charge < -0.3 is 4.90 Å². The second kappa shape index (κ2) is 9.53. The number of hydrogen-bond acceptors (Lipinski definition) is 4. The molecule has 198 valence electrons. The number of hydrogen-bond donors (Lipinski definition) is 0. The van der Waals surface area contributed by atoms with Crippen LogP contribution in [-0.2, 0) is 0 Å². The molecule has 0 aliphatic carbocycles. The summed E-state index contributed by atoms with van der Waals surface area (Å²) in [7, 11) is 0. The Balaban J connectivity index is 1.13. The lowest BCUT2D eigenvalue weighted by molar-refractivity contribution is 1.29. The fourth-order valence-corrected chi connectivity index (χ4v) is 9.84. The van der Waals surface area contributed by atoms with Gasteiger partial charge in [-0.15, -0.1) is 34.0 Å². The summed E-state index contributed by atoms with van der Waals surface area (Å²) in [4.78, 5) is 2.36. The molecule has 0 radical (unpaired) electrons. The molecule has 3 heterocycles. The van der Waals surface area contributed by atoms with E-state index >= 15 is 0 Å². The van der Waals surface area contributed by atoms with Gasteiger partial charge in [-0.25, -0.2) is 0 Å². The Labute approximate surface area is 255 Å². The van der Waals surface area contributed by atoms with Crippen LogP contribution in [0.4, 0.5) is 17.1 Å². The summed E-state index contributed by atoms with van der Waals surface area (Å²) in [5.74, 6) is 0. The van der Waals surface area contributed by atoms with Crippen LogP contribution in [0, 0.1) is 0 Å². The first-order valence-corrected chi connectivity index (χ1v) is 16.5. The van der Waals surface area contributed by atoms with Crippen molar-refractivity contribution in [2.24, 2.45) is 0 Å². The Bertz CT molecular complexity index is 2410. The number of fused-ring (bicyclic) bond motifs is 8. The van der Waals surface area contributed by atoms with Crippen LogP contribution in [0.5, 0.6) is 0 Å². The highest BCUT2D eigenvalue weighted by Gasteiger charge is 2.16. The lowest BCUT2D eigenvalue weighted by atomic mass is 10.0. The molecule has 0 atom stereocenters. The van der Waals surface area contributed by atoms with E-state index < -0.39 is 0 Å².